The number of rotatable bonds is 5. The van der Waals surface area contributed by atoms with E-state index < -0.39 is 0 Å². The van der Waals surface area contributed by atoms with Crippen LogP contribution in [0.4, 0.5) is 5.69 Å². The Morgan fingerprint density at radius 3 is 2.85 bits per heavy atom. The van der Waals surface area contributed by atoms with Gasteiger partial charge in [0.05, 0.1) is 11.7 Å². The van der Waals surface area contributed by atoms with E-state index in [0.717, 1.165) is 42.9 Å². The van der Waals surface area contributed by atoms with Gasteiger partial charge in [-0.05, 0) is 36.7 Å². The van der Waals surface area contributed by atoms with Gasteiger partial charge in [-0.25, -0.2) is 0 Å². The van der Waals surface area contributed by atoms with Crippen molar-refractivity contribution in [3.63, 3.8) is 0 Å². The van der Waals surface area contributed by atoms with Gasteiger partial charge in [-0.1, -0.05) is 12.1 Å². The summed E-state index contributed by atoms with van der Waals surface area (Å²) in [7, 11) is 4.02. The molecule has 1 aromatic carbocycles. The number of carbonyl (C=O) groups is 1. The van der Waals surface area contributed by atoms with Crippen LogP contribution in [0.5, 0.6) is 0 Å². The lowest BCUT2D eigenvalue weighted by atomic mass is 10.1. The van der Waals surface area contributed by atoms with E-state index in [9.17, 15) is 4.79 Å². The molecule has 0 saturated carbocycles. The predicted octanol–water partition coefficient (Wildman–Crippen LogP) is 1.92. The van der Waals surface area contributed by atoms with Crippen molar-refractivity contribution in [1.29, 1.82) is 0 Å². The van der Waals surface area contributed by atoms with E-state index in [2.05, 4.69) is 32.7 Å². The molecule has 1 fully saturated rings. The van der Waals surface area contributed by atoms with Crippen molar-refractivity contribution in [2.45, 2.75) is 12.5 Å². The molecule has 2 N–H and O–H groups in total. The molecule has 0 aliphatic carbocycles. The van der Waals surface area contributed by atoms with E-state index in [0.29, 0.717) is 12.1 Å². The molecule has 3 rings (SSSR count). The number of nitrogens with one attached hydrogen (secondary N) is 2. The first-order chi connectivity index (χ1) is 12.6. The number of benzene rings is 1. The van der Waals surface area contributed by atoms with Crippen LogP contribution < -0.4 is 15.5 Å². The van der Waals surface area contributed by atoms with Crippen molar-refractivity contribution in [3.8, 4) is 11.1 Å². The van der Waals surface area contributed by atoms with Gasteiger partial charge in [0.2, 0.25) is 0 Å². The molecule has 1 aliphatic heterocycles. The summed E-state index contributed by atoms with van der Waals surface area (Å²) in [4.78, 5) is 18.8. The molecule has 6 nitrogen and oxygen atoms in total. The van der Waals surface area contributed by atoms with Gasteiger partial charge < -0.3 is 20.3 Å². The predicted molar refractivity (Wildman–Crippen MR) is 104 cm³/mol. The van der Waals surface area contributed by atoms with Gasteiger partial charge in [0.1, 0.15) is 0 Å². The monoisotopic (exact) mass is 354 g/mol. The van der Waals surface area contributed by atoms with Crippen molar-refractivity contribution in [3.05, 3.63) is 48.3 Å². The van der Waals surface area contributed by atoms with Crippen LogP contribution in [0, 0.1) is 0 Å². The second kappa shape index (κ2) is 8.78. The van der Waals surface area contributed by atoms with Crippen LogP contribution in [0.15, 0.2) is 42.7 Å². The molecule has 0 spiro atoms. The Kier molecular flexibility index (Phi) is 6.20. The number of nitrogens with zero attached hydrogens (tertiary/aromatic N) is 2. The molecule has 0 radical (unpaired) electrons. The van der Waals surface area contributed by atoms with Gasteiger partial charge >= 0.3 is 0 Å². The Labute approximate surface area is 154 Å². The highest BCUT2D eigenvalue weighted by atomic mass is 16.5. The van der Waals surface area contributed by atoms with Crippen LogP contribution in [0.2, 0.25) is 0 Å². The zero-order valence-corrected chi connectivity index (χ0v) is 15.4. The van der Waals surface area contributed by atoms with E-state index >= 15 is 0 Å². The highest BCUT2D eigenvalue weighted by Crippen LogP contribution is 2.22. The zero-order valence-electron chi connectivity index (χ0n) is 15.4. The summed E-state index contributed by atoms with van der Waals surface area (Å²) in [5.41, 5.74) is 3.65. The number of aromatic nitrogens is 1. The van der Waals surface area contributed by atoms with Gasteiger partial charge in [-0.3, -0.25) is 9.78 Å². The number of amides is 1. The van der Waals surface area contributed by atoms with Crippen molar-refractivity contribution < 1.29 is 9.53 Å². The maximum Gasteiger partial charge on any atom is 0.252 e. The van der Waals surface area contributed by atoms with Crippen molar-refractivity contribution in [2.75, 3.05) is 45.2 Å². The minimum absolute atomic E-state index is 0.0103. The minimum Gasteiger partial charge on any atom is -0.378 e. The van der Waals surface area contributed by atoms with Crippen molar-refractivity contribution in [2.24, 2.45) is 0 Å². The fourth-order valence-corrected chi connectivity index (χ4v) is 2.88. The molecular formula is C20H26N4O2. The van der Waals surface area contributed by atoms with E-state index in [1.54, 1.807) is 12.4 Å². The maximum absolute atomic E-state index is 12.5. The topological polar surface area (TPSA) is 66.5 Å². The molecule has 1 aliphatic rings. The Morgan fingerprint density at radius 1 is 1.27 bits per heavy atom. The molecule has 1 saturated heterocycles. The highest BCUT2D eigenvalue weighted by molar-refractivity contribution is 5.95. The lowest BCUT2D eigenvalue weighted by molar-refractivity contribution is 0.0626. The lowest BCUT2D eigenvalue weighted by Crippen LogP contribution is -2.38. The SMILES string of the molecule is CN(C)c1ccc(-c2cncc(C(=O)NCC3CNCCCO3)c2)cc1. The van der Waals surface area contributed by atoms with E-state index in [1.807, 2.05) is 32.3 Å². The molecule has 6 heteroatoms. The average Bonchev–Trinajstić information content (AvgIpc) is 2.95. The summed E-state index contributed by atoms with van der Waals surface area (Å²) in [5.74, 6) is -0.128. The van der Waals surface area contributed by atoms with Gasteiger partial charge in [-0.15, -0.1) is 0 Å². The molecule has 2 heterocycles. The normalized spacial score (nSPS) is 17.4. The average molecular weight is 354 g/mol. The van der Waals surface area contributed by atoms with E-state index in [4.69, 9.17) is 4.74 Å². The van der Waals surface area contributed by atoms with Crippen LogP contribution in [-0.4, -0.2) is 57.3 Å². The van der Waals surface area contributed by atoms with Crippen LogP contribution in [0.1, 0.15) is 16.8 Å². The third-order valence-corrected chi connectivity index (χ3v) is 4.43. The van der Waals surface area contributed by atoms with Crippen molar-refractivity contribution >= 4 is 11.6 Å². The van der Waals surface area contributed by atoms with Gasteiger partial charge in [0.25, 0.3) is 5.91 Å². The van der Waals surface area contributed by atoms with Gasteiger partial charge in [0.15, 0.2) is 0 Å². The molecule has 1 aromatic heterocycles. The summed E-state index contributed by atoms with van der Waals surface area (Å²) in [6, 6.07) is 10.1. The Hall–Kier alpha value is -2.44. The third kappa shape index (κ3) is 4.80. The first-order valence-corrected chi connectivity index (χ1v) is 8.97. The summed E-state index contributed by atoms with van der Waals surface area (Å²) in [5, 5.41) is 6.26. The lowest BCUT2D eigenvalue weighted by Gasteiger charge is -2.16. The Bertz CT molecular complexity index is 723. The van der Waals surface area contributed by atoms with Gasteiger partial charge in [-0.2, -0.15) is 0 Å². The number of carbonyl (C=O) groups excluding carboxylic acids is 1. The first kappa shape index (κ1) is 18.4. The summed E-state index contributed by atoms with van der Waals surface area (Å²) < 4.78 is 5.72. The molecule has 1 atom stereocenters. The number of anilines is 1. The number of ether oxygens (including phenoxy) is 1. The minimum atomic E-state index is -0.128. The largest absolute Gasteiger partial charge is 0.378 e. The Balaban J connectivity index is 1.65. The van der Waals surface area contributed by atoms with Crippen LogP contribution in [0.3, 0.4) is 0 Å². The second-order valence-corrected chi connectivity index (χ2v) is 6.66. The highest BCUT2D eigenvalue weighted by Gasteiger charge is 2.14. The van der Waals surface area contributed by atoms with Crippen LogP contribution in [-0.2, 0) is 4.74 Å². The van der Waals surface area contributed by atoms with Gasteiger partial charge in [0, 0.05) is 57.4 Å². The van der Waals surface area contributed by atoms with Crippen molar-refractivity contribution in [1.82, 2.24) is 15.6 Å². The number of hydrogen-bond acceptors (Lipinski definition) is 5. The molecule has 2 aromatic rings. The molecule has 1 amide bonds. The van der Waals surface area contributed by atoms with E-state index in [-0.39, 0.29) is 12.0 Å². The summed E-state index contributed by atoms with van der Waals surface area (Å²) in [6.07, 6.45) is 4.39. The number of pyridine rings is 1. The fraction of sp³-hybridized carbons (Fsp3) is 0.400. The smallest absolute Gasteiger partial charge is 0.252 e. The second-order valence-electron chi connectivity index (χ2n) is 6.66. The quantitative estimate of drug-likeness (QED) is 0.859. The fourth-order valence-electron chi connectivity index (χ4n) is 2.88. The Morgan fingerprint density at radius 2 is 2.08 bits per heavy atom. The summed E-state index contributed by atoms with van der Waals surface area (Å²) in [6.45, 7) is 2.95. The molecular weight excluding hydrogens is 328 g/mol. The molecule has 138 valence electrons. The molecule has 26 heavy (non-hydrogen) atoms. The van der Waals surface area contributed by atoms with E-state index in [1.165, 1.54) is 0 Å². The zero-order chi connectivity index (χ0) is 18.4. The first-order valence-electron chi connectivity index (χ1n) is 8.97. The standard InChI is InChI=1S/C20H26N4O2/c1-24(2)18-6-4-15(5-7-18)16-10-17(12-22-11-16)20(25)23-14-19-13-21-8-3-9-26-19/h4-7,10-12,19,21H,3,8-9,13-14H2,1-2H3,(H,23,25). The van der Waals surface area contributed by atoms with Crippen LogP contribution >= 0.6 is 0 Å². The van der Waals surface area contributed by atoms with Crippen LogP contribution in [0.25, 0.3) is 11.1 Å². The molecule has 0 bridgehead atoms. The summed E-state index contributed by atoms with van der Waals surface area (Å²) >= 11 is 0. The maximum atomic E-state index is 12.5. The third-order valence-electron chi connectivity index (χ3n) is 4.43. The number of hydrogen-bond donors (Lipinski definition) is 2. The molecule has 1 unspecified atom stereocenters.